The number of aromatic nitrogens is 1. The second kappa shape index (κ2) is 8.24. The Hall–Kier alpha value is -2.51. The van der Waals surface area contributed by atoms with E-state index in [-0.39, 0.29) is 11.8 Å². The second-order valence-electron chi connectivity index (χ2n) is 6.64. The molecule has 3 aromatic rings. The highest BCUT2D eigenvalue weighted by atomic mass is 32.1. The zero-order valence-electron chi connectivity index (χ0n) is 15.6. The average molecular weight is 412 g/mol. The highest BCUT2D eigenvalue weighted by Crippen LogP contribution is 2.29. The van der Waals surface area contributed by atoms with E-state index in [1.54, 1.807) is 17.5 Å². The summed E-state index contributed by atoms with van der Waals surface area (Å²) in [5.41, 5.74) is 1.93. The lowest BCUT2D eigenvalue weighted by Crippen LogP contribution is -2.50. The van der Waals surface area contributed by atoms with Gasteiger partial charge in [0.25, 0.3) is 11.8 Å². The minimum Gasteiger partial charge on any atom is -0.335 e. The molecule has 28 heavy (non-hydrogen) atoms. The Morgan fingerprint density at radius 1 is 1.00 bits per heavy atom. The standard InChI is InChI=1S/C21H21N3O2S2/c1-2-15-5-7-16(8-6-15)20(25)23-9-11-24(12-10-23)21(26)18-14-22-19(28-18)17-4-3-13-27-17/h3-8,13-14H,2,9-12H2,1H3. The summed E-state index contributed by atoms with van der Waals surface area (Å²) in [6, 6.07) is 11.8. The number of thiophene rings is 1. The minimum atomic E-state index is -0.000274. The SMILES string of the molecule is CCc1ccc(C(=O)N2CCN(C(=O)c3cnc(-c4cccs4)s3)CC2)cc1. The highest BCUT2D eigenvalue weighted by Gasteiger charge is 2.26. The molecule has 4 rings (SSSR count). The van der Waals surface area contributed by atoms with Crippen molar-refractivity contribution in [1.82, 2.24) is 14.8 Å². The number of carbonyl (C=O) groups excluding carboxylic acids is 2. The van der Waals surface area contributed by atoms with Gasteiger partial charge in [0.05, 0.1) is 11.1 Å². The van der Waals surface area contributed by atoms with E-state index in [2.05, 4.69) is 11.9 Å². The van der Waals surface area contributed by atoms with Gasteiger partial charge >= 0.3 is 0 Å². The van der Waals surface area contributed by atoms with Crippen molar-refractivity contribution in [2.24, 2.45) is 0 Å². The first-order valence-electron chi connectivity index (χ1n) is 9.33. The van der Waals surface area contributed by atoms with Crippen molar-refractivity contribution in [2.45, 2.75) is 13.3 Å². The fourth-order valence-corrected chi connectivity index (χ4v) is 4.91. The average Bonchev–Trinajstić information content (AvgIpc) is 3.45. The molecule has 1 fully saturated rings. The number of hydrogen-bond donors (Lipinski definition) is 0. The number of hydrogen-bond acceptors (Lipinski definition) is 5. The monoisotopic (exact) mass is 411 g/mol. The van der Waals surface area contributed by atoms with E-state index >= 15 is 0 Å². The quantitative estimate of drug-likeness (QED) is 0.651. The fraction of sp³-hybridized carbons (Fsp3) is 0.286. The van der Waals surface area contributed by atoms with E-state index in [0.29, 0.717) is 36.6 Å². The predicted octanol–water partition coefficient (Wildman–Crippen LogP) is 4.03. The molecule has 7 heteroatoms. The topological polar surface area (TPSA) is 53.5 Å². The van der Waals surface area contributed by atoms with Gasteiger partial charge < -0.3 is 9.80 Å². The number of nitrogens with zero attached hydrogens (tertiary/aromatic N) is 3. The van der Waals surface area contributed by atoms with Crippen molar-refractivity contribution in [3.05, 3.63) is 64.0 Å². The fourth-order valence-electron chi connectivity index (χ4n) is 3.22. The van der Waals surface area contributed by atoms with Crippen LogP contribution in [0.4, 0.5) is 0 Å². The van der Waals surface area contributed by atoms with E-state index in [4.69, 9.17) is 0 Å². The first kappa shape index (κ1) is 18.8. The van der Waals surface area contributed by atoms with Gasteiger partial charge in [0.2, 0.25) is 0 Å². The van der Waals surface area contributed by atoms with Crippen LogP contribution in [0.5, 0.6) is 0 Å². The summed E-state index contributed by atoms with van der Waals surface area (Å²) in [7, 11) is 0. The minimum absolute atomic E-state index is 0.000274. The van der Waals surface area contributed by atoms with E-state index < -0.39 is 0 Å². The molecule has 0 saturated carbocycles. The highest BCUT2D eigenvalue weighted by molar-refractivity contribution is 7.21. The Labute approximate surface area is 172 Å². The van der Waals surface area contributed by atoms with Crippen LogP contribution < -0.4 is 0 Å². The second-order valence-corrected chi connectivity index (χ2v) is 8.62. The van der Waals surface area contributed by atoms with Gasteiger partial charge in [-0.2, -0.15) is 0 Å². The van der Waals surface area contributed by atoms with Crippen LogP contribution in [0.2, 0.25) is 0 Å². The molecule has 0 spiro atoms. The van der Waals surface area contributed by atoms with Crippen molar-refractivity contribution in [3.63, 3.8) is 0 Å². The molecule has 1 aliphatic rings. The third-order valence-corrected chi connectivity index (χ3v) is 6.94. The van der Waals surface area contributed by atoms with E-state index in [1.807, 2.05) is 51.6 Å². The number of thiazole rings is 1. The van der Waals surface area contributed by atoms with E-state index in [0.717, 1.165) is 16.3 Å². The van der Waals surface area contributed by atoms with Gasteiger partial charge in [-0.15, -0.1) is 22.7 Å². The number of rotatable bonds is 4. The molecule has 0 bridgehead atoms. The summed E-state index contributed by atoms with van der Waals surface area (Å²) in [6.07, 6.45) is 2.62. The zero-order chi connectivity index (χ0) is 19.5. The summed E-state index contributed by atoms with van der Waals surface area (Å²) < 4.78 is 0. The van der Waals surface area contributed by atoms with Crippen molar-refractivity contribution >= 4 is 34.5 Å². The molecule has 1 saturated heterocycles. The third kappa shape index (κ3) is 3.86. The van der Waals surface area contributed by atoms with E-state index in [1.165, 1.54) is 16.9 Å². The molecule has 0 atom stereocenters. The normalized spacial score (nSPS) is 14.3. The maximum absolute atomic E-state index is 12.8. The smallest absolute Gasteiger partial charge is 0.265 e. The lowest BCUT2D eigenvalue weighted by Gasteiger charge is -2.34. The molecular weight excluding hydrogens is 390 g/mol. The number of aryl methyl sites for hydroxylation is 1. The van der Waals surface area contributed by atoms with Crippen LogP contribution in [0.15, 0.2) is 48.0 Å². The van der Waals surface area contributed by atoms with Crippen LogP contribution in [0.3, 0.4) is 0 Å². The Balaban J connectivity index is 1.37. The van der Waals surface area contributed by atoms with Gasteiger partial charge in [-0.3, -0.25) is 9.59 Å². The summed E-state index contributed by atoms with van der Waals surface area (Å²) >= 11 is 3.05. The molecule has 1 aliphatic heterocycles. The molecule has 3 heterocycles. The Morgan fingerprint density at radius 2 is 1.68 bits per heavy atom. The summed E-state index contributed by atoms with van der Waals surface area (Å²) in [5.74, 6) is 0.0345. The molecular formula is C21H21N3O2S2. The molecule has 5 nitrogen and oxygen atoms in total. The van der Waals surface area contributed by atoms with Crippen molar-refractivity contribution in [1.29, 1.82) is 0 Å². The zero-order valence-corrected chi connectivity index (χ0v) is 17.3. The molecule has 144 valence electrons. The third-order valence-electron chi connectivity index (χ3n) is 4.91. The van der Waals surface area contributed by atoms with Crippen molar-refractivity contribution < 1.29 is 9.59 Å². The van der Waals surface area contributed by atoms with Crippen molar-refractivity contribution in [3.8, 4) is 9.88 Å². The van der Waals surface area contributed by atoms with Gasteiger partial charge in [-0.05, 0) is 35.6 Å². The molecule has 0 N–H and O–H groups in total. The van der Waals surface area contributed by atoms with Crippen molar-refractivity contribution in [2.75, 3.05) is 26.2 Å². The molecule has 2 aromatic heterocycles. The number of amides is 2. The van der Waals surface area contributed by atoms with Gasteiger partial charge in [0, 0.05) is 31.7 Å². The number of benzene rings is 1. The Kier molecular flexibility index (Phi) is 5.54. The summed E-state index contributed by atoms with van der Waals surface area (Å²) in [4.78, 5) is 35.3. The predicted molar refractivity (Wildman–Crippen MR) is 113 cm³/mol. The van der Waals surface area contributed by atoms with Gasteiger partial charge in [0.1, 0.15) is 9.88 Å². The van der Waals surface area contributed by atoms with Crippen LogP contribution in [-0.4, -0.2) is 52.8 Å². The molecule has 2 amide bonds. The van der Waals surface area contributed by atoms with Crippen LogP contribution in [-0.2, 0) is 6.42 Å². The van der Waals surface area contributed by atoms with Gasteiger partial charge in [-0.25, -0.2) is 4.98 Å². The van der Waals surface area contributed by atoms with Gasteiger partial charge in [0.15, 0.2) is 0 Å². The number of piperazine rings is 1. The van der Waals surface area contributed by atoms with E-state index in [9.17, 15) is 9.59 Å². The van der Waals surface area contributed by atoms with Crippen LogP contribution in [0.25, 0.3) is 9.88 Å². The maximum atomic E-state index is 12.8. The number of carbonyl (C=O) groups is 2. The Morgan fingerprint density at radius 3 is 2.29 bits per heavy atom. The van der Waals surface area contributed by atoms with Gasteiger partial charge in [-0.1, -0.05) is 25.1 Å². The molecule has 0 radical (unpaired) electrons. The van der Waals surface area contributed by atoms with Crippen LogP contribution in [0, 0.1) is 0 Å². The first-order valence-corrected chi connectivity index (χ1v) is 11.0. The molecule has 0 aliphatic carbocycles. The molecule has 1 aromatic carbocycles. The maximum Gasteiger partial charge on any atom is 0.265 e. The lowest BCUT2D eigenvalue weighted by molar-refractivity contribution is 0.0538. The largest absolute Gasteiger partial charge is 0.335 e. The first-order chi connectivity index (χ1) is 13.7. The van der Waals surface area contributed by atoms with Crippen LogP contribution in [0.1, 0.15) is 32.5 Å². The summed E-state index contributed by atoms with van der Waals surface area (Å²) in [6.45, 7) is 4.29. The summed E-state index contributed by atoms with van der Waals surface area (Å²) in [5, 5.41) is 2.88. The Bertz CT molecular complexity index is 956. The van der Waals surface area contributed by atoms with Crippen LogP contribution >= 0.6 is 22.7 Å². The lowest BCUT2D eigenvalue weighted by atomic mass is 10.1. The molecule has 0 unspecified atom stereocenters.